The summed E-state index contributed by atoms with van der Waals surface area (Å²) >= 11 is 1.38. The lowest BCUT2D eigenvalue weighted by Gasteiger charge is -2.18. The quantitative estimate of drug-likeness (QED) is 0.402. The van der Waals surface area contributed by atoms with Crippen molar-refractivity contribution in [1.29, 1.82) is 0 Å². The summed E-state index contributed by atoms with van der Waals surface area (Å²) in [5.74, 6) is -1.11. The van der Waals surface area contributed by atoms with Crippen molar-refractivity contribution in [2.75, 3.05) is 11.9 Å². The molecule has 4 aromatic rings. The molecule has 0 aliphatic heterocycles. The van der Waals surface area contributed by atoms with E-state index in [0.29, 0.717) is 10.6 Å². The first-order valence-electron chi connectivity index (χ1n) is 9.78. The Hall–Kier alpha value is -3.44. The van der Waals surface area contributed by atoms with Crippen molar-refractivity contribution in [2.45, 2.75) is 12.8 Å². The molecule has 0 aliphatic carbocycles. The van der Waals surface area contributed by atoms with Crippen LogP contribution in [0.25, 0.3) is 10.1 Å². The van der Waals surface area contributed by atoms with E-state index in [-0.39, 0.29) is 12.5 Å². The maximum Gasteiger partial charge on any atom is 0.341 e. The highest BCUT2D eigenvalue weighted by molar-refractivity contribution is 7.23. The summed E-state index contributed by atoms with van der Waals surface area (Å²) in [6.45, 7) is 2.04. The number of thiophene rings is 1. The first-order chi connectivity index (χ1) is 14.7. The maximum absolute atomic E-state index is 13.5. The molecular weight excluding hydrogens is 394 g/mol. The van der Waals surface area contributed by atoms with Crippen LogP contribution in [0, 0.1) is 0 Å². The second kappa shape index (κ2) is 8.93. The molecule has 0 aliphatic rings. The van der Waals surface area contributed by atoms with Gasteiger partial charge in [-0.3, -0.25) is 4.79 Å². The zero-order valence-electron chi connectivity index (χ0n) is 16.5. The molecule has 0 spiro atoms. The first-order valence-corrected chi connectivity index (χ1v) is 10.6. The van der Waals surface area contributed by atoms with E-state index >= 15 is 0 Å². The second-order valence-electron chi connectivity index (χ2n) is 6.77. The third-order valence-corrected chi connectivity index (χ3v) is 5.93. The number of fused-ring (bicyclic) bond motifs is 1. The topological polar surface area (TPSA) is 55.4 Å². The summed E-state index contributed by atoms with van der Waals surface area (Å²) in [7, 11) is 0. The van der Waals surface area contributed by atoms with Crippen molar-refractivity contribution in [3.63, 3.8) is 0 Å². The molecule has 0 atom stereocenters. The molecule has 0 saturated heterocycles. The molecule has 1 heterocycles. The van der Waals surface area contributed by atoms with Gasteiger partial charge in [0, 0.05) is 10.1 Å². The average Bonchev–Trinajstić information content (AvgIpc) is 3.13. The third kappa shape index (κ3) is 3.98. The molecule has 4 nitrogen and oxygen atoms in total. The molecule has 0 unspecified atom stereocenters. The summed E-state index contributed by atoms with van der Waals surface area (Å²) in [6.07, 6.45) is 0. The summed E-state index contributed by atoms with van der Waals surface area (Å²) < 4.78 is 6.19. The molecular formula is C25H21NO3S. The molecule has 0 saturated carbocycles. The molecule has 1 amide bonds. The highest BCUT2D eigenvalue weighted by Crippen LogP contribution is 2.37. The lowest BCUT2D eigenvalue weighted by molar-refractivity contribution is -0.116. The Bertz CT molecular complexity index is 1130. The lowest BCUT2D eigenvalue weighted by atomic mass is 9.90. The van der Waals surface area contributed by atoms with Crippen LogP contribution in [0.5, 0.6) is 0 Å². The molecule has 4 rings (SSSR count). The Labute approximate surface area is 179 Å². The van der Waals surface area contributed by atoms with Gasteiger partial charge in [-0.05, 0) is 24.1 Å². The molecule has 0 fully saturated rings. The number of benzene rings is 3. The number of esters is 1. The minimum absolute atomic E-state index is 0.190. The minimum Gasteiger partial charge on any atom is -0.462 e. The molecule has 150 valence electrons. The number of amides is 1. The predicted octanol–water partition coefficient (Wildman–Crippen LogP) is 5.85. The van der Waals surface area contributed by atoms with Gasteiger partial charge in [0.1, 0.15) is 10.6 Å². The van der Waals surface area contributed by atoms with Crippen LogP contribution in [0.2, 0.25) is 0 Å². The number of ether oxygens (including phenoxy) is 1. The van der Waals surface area contributed by atoms with E-state index in [1.54, 1.807) is 6.92 Å². The van der Waals surface area contributed by atoms with Gasteiger partial charge in [0.15, 0.2) is 0 Å². The highest BCUT2D eigenvalue weighted by Gasteiger charge is 2.27. The van der Waals surface area contributed by atoms with Crippen LogP contribution >= 0.6 is 11.3 Å². The minimum atomic E-state index is -0.493. The number of carbonyl (C=O) groups is 2. The molecule has 5 heteroatoms. The van der Waals surface area contributed by atoms with Crippen molar-refractivity contribution in [3.8, 4) is 0 Å². The highest BCUT2D eigenvalue weighted by atomic mass is 32.1. The smallest absolute Gasteiger partial charge is 0.341 e. The summed E-state index contributed by atoms with van der Waals surface area (Å²) in [4.78, 5) is 26.1. The zero-order valence-corrected chi connectivity index (χ0v) is 17.3. The van der Waals surface area contributed by atoms with E-state index in [4.69, 9.17) is 4.74 Å². The largest absolute Gasteiger partial charge is 0.462 e. The van der Waals surface area contributed by atoms with Gasteiger partial charge in [-0.1, -0.05) is 78.9 Å². The second-order valence-corrected chi connectivity index (χ2v) is 7.82. The number of hydrogen-bond acceptors (Lipinski definition) is 4. The lowest BCUT2D eigenvalue weighted by Crippen LogP contribution is -2.23. The first kappa shape index (κ1) is 19.9. The van der Waals surface area contributed by atoms with E-state index in [1.165, 1.54) is 11.3 Å². The Morgan fingerprint density at radius 2 is 1.43 bits per heavy atom. The van der Waals surface area contributed by atoms with E-state index in [0.717, 1.165) is 21.2 Å². The molecule has 1 aromatic heterocycles. The van der Waals surface area contributed by atoms with Gasteiger partial charge in [0.05, 0.1) is 12.5 Å². The molecule has 1 N–H and O–H groups in total. The van der Waals surface area contributed by atoms with Crippen LogP contribution in [0.4, 0.5) is 5.00 Å². The van der Waals surface area contributed by atoms with Crippen LogP contribution in [-0.2, 0) is 9.53 Å². The van der Waals surface area contributed by atoms with E-state index in [2.05, 4.69) is 5.32 Å². The van der Waals surface area contributed by atoms with Gasteiger partial charge >= 0.3 is 5.97 Å². The monoisotopic (exact) mass is 415 g/mol. The van der Waals surface area contributed by atoms with E-state index in [9.17, 15) is 9.59 Å². The van der Waals surface area contributed by atoms with Crippen molar-refractivity contribution < 1.29 is 14.3 Å². The Kier molecular flexibility index (Phi) is 5.91. The van der Waals surface area contributed by atoms with Crippen LogP contribution < -0.4 is 5.32 Å². The number of nitrogens with one attached hydrogen (secondary N) is 1. The van der Waals surface area contributed by atoms with Crippen molar-refractivity contribution in [3.05, 3.63) is 102 Å². The van der Waals surface area contributed by atoms with Gasteiger partial charge in [-0.15, -0.1) is 11.3 Å². The van der Waals surface area contributed by atoms with Gasteiger partial charge in [-0.25, -0.2) is 4.79 Å². The Balaban J connectivity index is 1.75. The molecule has 3 aromatic carbocycles. The SMILES string of the molecule is CCOC(=O)c1c(NC(=O)C(c2ccccc2)c2ccccc2)sc2ccccc12. The summed E-state index contributed by atoms with van der Waals surface area (Å²) in [6, 6.07) is 26.9. The Morgan fingerprint density at radius 1 is 0.867 bits per heavy atom. The number of rotatable bonds is 6. The van der Waals surface area contributed by atoms with Crippen LogP contribution in [0.3, 0.4) is 0 Å². The normalized spacial score (nSPS) is 10.9. The van der Waals surface area contributed by atoms with Crippen LogP contribution in [-0.4, -0.2) is 18.5 Å². The van der Waals surface area contributed by atoms with Crippen LogP contribution in [0.15, 0.2) is 84.9 Å². The van der Waals surface area contributed by atoms with E-state index < -0.39 is 11.9 Å². The molecule has 0 bridgehead atoms. The average molecular weight is 416 g/mol. The Morgan fingerprint density at radius 3 is 2.03 bits per heavy atom. The maximum atomic E-state index is 13.5. The van der Waals surface area contributed by atoms with Crippen LogP contribution in [0.1, 0.15) is 34.3 Å². The third-order valence-electron chi connectivity index (χ3n) is 4.84. The molecule has 30 heavy (non-hydrogen) atoms. The van der Waals surface area contributed by atoms with Gasteiger partial charge in [0.25, 0.3) is 0 Å². The van der Waals surface area contributed by atoms with Gasteiger partial charge in [-0.2, -0.15) is 0 Å². The van der Waals surface area contributed by atoms with Crippen molar-refractivity contribution in [1.82, 2.24) is 0 Å². The predicted molar refractivity (Wildman–Crippen MR) is 121 cm³/mol. The molecule has 0 radical (unpaired) electrons. The van der Waals surface area contributed by atoms with Crippen molar-refractivity contribution >= 4 is 38.3 Å². The number of hydrogen-bond donors (Lipinski definition) is 1. The number of carbonyl (C=O) groups excluding carboxylic acids is 2. The van der Waals surface area contributed by atoms with E-state index in [1.807, 2.05) is 84.9 Å². The zero-order chi connectivity index (χ0) is 20.9. The van der Waals surface area contributed by atoms with Crippen molar-refractivity contribution in [2.24, 2.45) is 0 Å². The fourth-order valence-electron chi connectivity index (χ4n) is 3.51. The summed E-state index contributed by atoms with van der Waals surface area (Å²) in [5.41, 5.74) is 2.19. The summed E-state index contributed by atoms with van der Waals surface area (Å²) in [5, 5.41) is 4.31. The fourth-order valence-corrected chi connectivity index (χ4v) is 4.60. The number of anilines is 1. The van der Waals surface area contributed by atoms with Gasteiger partial charge < -0.3 is 10.1 Å². The standard InChI is InChI=1S/C25H21NO3S/c1-2-29-25(28)22-19-15-9-10-16-20(19)30-24(22)26-23(27)21(17-11-5-3-6-12-17)18-13-7-4-8-14-18/h3-16,21H,2H2,1H3,(H,26,27). The van der Waals surface area contributed by atoms with Gasteiger partial charge in [0.2, 0.25) is 5.91 Å². The fraction of sp³-hybridized carbons (Fsp3) is 0.120.